The van der Waals surface area contributed by atoms with E-state index >= 15 is 0 Å². The van der Waals surface area contributed by atoms with Gasteiger partial charge in [-0.15, -0.1) is 11.8 Å². The standard InChI is InChI=1S/C15H21ClN2OS/c16-14-4-2-1-3-13(14)10-20-11-15(19)18-7-5-12(9-17)6-8-18/h1-4,12H,5-11,17H2. The highest BCUT2D eigenvalue weighted by molar-refractivity contribution is 7.99. The monoisotopic (exact) mass is 312 g/mol. The second kappa shape index (κ2) is 7.91. The topological polar surface area (TPSA) is 46.3 Å². The van der Waals surface area contributed by atoms with Crippen molar-refractivity contribution in [3.8, 4) is 0 Å². The molecule has 3 nitrogen and oxygen atoms in total. The van der Waals surface area contributed by atoms with Gasteiger partial charge in [0, 0.05) is 23.9 Å². The van der Waals surface area contributed by atoms with Gasteiger partial charge in [-0.2, -0.15) is 0 Å². The summed E-state index contributed by atoms with van der Waals surface area (Å²) in [6, 6.07) is 7.79. The molecule has 0 atom stereocenters. The minimum absolute atomic E-state index is 0.234. The summed E-state index contributed by atoms with van der Waals surface area (Å²) in [6.07, 6.45) is 2.08. The Kier molecular flexibility index (Phi) is 6.20. The Morgan fingerprint density at radius 3 is 2.70 bits per heavy atom. The van der Waals surface area contributed by atoms with Gasteiger partial charge in [0.25, 0.3) is 0 Å². The molecule has 20 heavy (non-hydrogen) atoms. The van der Waals surface area contributed by atoms with E-state index in [0.29, 0.717) is 11.7 Å². The summed E-state index contributed by atoms with van der Waals surface area (Å²) in [5.41, 5.74) is 6.75. The summed E-state index contributed by atoms with van der Waals surface area (Å²) in [5.74, 6) is 2.13. The first kappa shape index (κ1) is 15.7. The molecule has 0 aliphatic carbocycles. The molecule has 2 rings (SSSR count). The number of carbonyl (C=O) groups excluding carboxylic acids is 1. The molecule has 1 fully saturated rings. The maximum absolute atomic E-state index is 12.1. The molecule has 1 heterocycles. The van der Waals surface area contributed by atoms with Crippen LogP contribution in [0.4, 0.5) is 0 Å². The van der Waals surface area contributed by atoms with Crippen LogP contribution < -0.4 is 5.73 Å². The molecule has 1 aromatic carbocycles. The maximum atomic E-state index is 12.1. The van der Waals surface area contributed by atoms with Crippen LogP contribution in [-0.2, 0) is 10.5 Å². The number of carbonyl (C=O) groups is 1. The smallest absolute Gasteiger partial charge is 0.232 e. The maximum Gasteiger partial charge on any atom is 0.232 e. The third kappa shape index (κ3) is 4.40. The zero-order chi connectivity index (χ0) is 14.4. The van der Waals surface area contributed by atoms with E-state index in [4.69, 9.17) is 17.3 Å². The fourth-order valence-electron chi connectivity index (χ4n) is 2.37. The summed E-state index contributed by atoms with van der Waals surface area (Å²) in [7, 11) is 0. The number of piperidine rings is 1. The second-order valence-corrected chi connectivity index (χ2v) is 6.54. The first-order chi connectivity index (χ1) is 9.70. The molecule has 110 valence electrons. The lowest BCUT2D eigenvalue weighted by molar-refractivity contribution is -0.129. The van der Waals surface area contributed by atoms with Gasteiger partial charge in [0.1, 0.15) is 0 Å². The highest BCUT2D eigenvalue weighted by Gasteiger charge is 2.21. The van der Waals surface area contributed by atoms with Crippen molar-refractivity contribution >= 4 is 29.3 Å². The van der Waals surface area contributed by atoms with Gasteiger partial charge in [-0.1, -0.05) is 29.8 Å². The molecule has 0 bridgehead atoms. The number of halogens is 1. The third-order valence-corrected chi connectivity index (χ3v) is 5.08. The van der Waals surface area contributed by atoms with Crippen LogP contribution in [0.2, 0.25) is 5.02 Å². The molecular weight excluding hydrogens is 292 g/mol. The van der Waals surface area contributed by atoms with Crippen LogP contribution in [0, 0.1) is 5.92 Å². The predicted molar refractivity (Wildman–Crippen MR) is 86.0 cm³/mol. The molecule has 1 aliphatic rings. The Morgan fingerprint density at radius 1 is 1.35 bits per heavy atom. The highest BCUT2D eigenvalue weighted by atomic mass is 35.5. The Bertz CT molecular complexity index is 447. The Morgan fingerprint density at radius 2 is 2.05 bits per heavy atom. The number of likely N-dealkylation sites (tertiary alicyclic amines) is 1. The van der Waals surface area contributed by atoms with E-state index in [2.05, 4.69) is 0 Å². The number of hydrogen-bond acceptors (Lipinski definition) is 3. The number of thioether (sulfide) groups is 1. The molecule has 0 spiro atoms. The Labute approximate surface area is 129 Å². The van der Waals surface area contributed by atoms with Gasteiger partial charge in [-0.3, -0.25) is 4.79 Å². The van der Waals surface area contributed by atoms with Crippen molar-refractivity contribution in [2.24, 2.45) is 11.7 Å². The average Bonchev–Trinajstić information content (AvgIpc) is 2.49. The number of amides is 1. The molecule has 1 aliphatic heterocycles. The van der Waals surface area contributed by atoms with Gasteiger partial charge < -0.3 is 10.6 Å². The van der Waals surface area contributed by atoms with Crippen molar-refractivity contribution < 1.29 is 4.79 Å². The molecule has 5 heteroatoms. The van der Waals surface area contributed by atoms with Crippen molar-refractivity contribution in [2.45, 2.75) is 18.6 Å². The SMILES string of the molecule is NCC1CCN(C(=O)CSCc2ccccc2Cl)CC1. The molecule has 0 aromatic heterocycles. The third-order valence-electron chi connectivity index (χ3n) is 3.74. The fraction of sp³-hybridized carbons (Fsp3) is 0.533. The van der Waals surface area contributed by atoms with Gasteiger partial charge in [0.2, 0.25) is 5.91 Å². The number of rotatable bonds is 5. The van der Waals surface area contributed by atoms with Crippen molar-refractivity contribution in [2.75, 3.05) is 25.4 Å². The second-order valence-electron chi connectivity index (χ2n) is 5.14. The number of benzene rings is 1. The normalized spacial score (nSPS) is 16.4. The quantitative estimate of drug-likeness (QED) is 0.909. The van der Waals surface area contributed by atoms with E-state index in [1.807, 2.05) is 29.2 Å². The minimum Gasteiger partial charge on any atom is -0.342 e. The molecule has 0 saturated carbocycles. The average molecular weight is 313 g/mol. The van der Waals surface area contributed by atoms with Crippen LogP contribution in [0.5, 0.6) is 0 Å². The number of nitrogens with two attached hydrogens (primary N) is 1. The largest absolute Gasteiger partial charge is 0.342 e. The van der Waals surface area contributed by atoms with E-state index in [1.165, 1.54) is 0 Å². The molecule has 1 aromatic rings. The van der Waals surface area contributed by atoms with E-state index in [1.54, 1.807) is 11.8 Å². The molecule has 0 unspecified atom stereocenters. The van der Waals surface area contributed by atoms with Crippen molar-refractivity contribution in [1.29, 1.82) is 0 Å². The predicted octanol–water partition coefficient (Wildman–Crippen LogP) is 2.77. The van der Waals surface area contributed by atoms with E-state index in [9.17, 15) is 4.79 Å². The summed E-state index contributed by atoms with van der Waals surface area (Å²) < 4.78 is 0. The van der Waals surface area contributed by atoms with E-state index < -0.39 is 0 Å². The lowest BCUT2D eigenvalue weighted by Crippen LogP contribution is -2.40. The van der Waals surface area contributed by atoms with Crippen LogP contribution in [0.25, 0.3) is 0 Å². The van der Waals surface area contributed by atoms with Crippen molar-refractivity contribution in [3.63, 3.8) is 0 Å². The first-order valence-electron chi connectivity index (χ1n) is 6.99. The van der Waals surface area contributed by atoms with E-state index in [-0.39, 0.29) is 5.91 Å². The number of nitrogens with zero attached hydrogens (tertiary/aromatic N) is 1. The summed E-state index contributed by atoms with van der Waals surface area (Å²) in [4.78, 5) is 14.1. The Balaban J connectivity index is 1.72. The van der Waals surface area contributed by atoms with Crippen LogP contribution in [0.15, 0.2) is 24.3 Å². The van der Waals surface area contributed by atoms with Gasteiger partial charge in [-0.05, 0) is 36.9 Å². The van der Waals surface area contributed by atoms with Crippen LogP contribution in [0.3, 0.4) is 0 Å². The summed E-state index contributed by atoms with van der Waals surface area (Å²) in [5, 5.41) is 0.774. The lowest BCUT2D eigenvalue weighted by atomic mass is 9.97. The molecular formula is C15H21ClN2OS. The van der Waals surface area contributed by atoms with Gasteiger partial charge >= 0.3 is 0 Å². The molecule has 0 radical (unpaired) electrons. The van der Waals surface area contributed by atoms with Crippen LogP contribution in [0.1, 0.15) is 18.4 Å². The van der Waals surface area contributed by atoms with Crippen molar-refractivity contribution in [1.82, 2.24) is 4.90 Å². The van der Waals surface area contributed by atoms with E-state index in [0.717, 1.165) is 48.8 Å². The molecule has 1 saturated heterocycles. The first-order valence-corrected chi connectivity index (χ1v) is 8.53. The van der Waals surface area contributed by atoms with Gasteiger partial charge in [0.15, 0.2) is 0 Å². The Hall–Kier alpha value is -0.710. The summed E-state index contributed by atoms with van der Waals surface area (Å²) >= 11 is 7.73. The lowest BCUT2D eigenvalue weighted by Gasteiger charge is -2.31. The van der Waals surface area contributed by atoms with Gasteiger partial charge in [-0.25, -0.2) is 0 Å². The minimum atomic E-state index is 0.234. The molecule has 2 N–H and O–H groups in total. The molecule has 1 amide bonds. The number of hydrogen-bond donors (Lipinski definition) is 1. The summed E-state index contributed by atoms with van der Waals surface area (Å²) in [6.45, 7) is 2.45. The zero-order valence-corrected chi connectivity index (χ0v) is 13.1. The fourth-order valence-corrected chi connectivity index (χ4v) is 3.59. The highest BCUT2D eigenvalue weighted by Crippen LogP contribution is 2.22. The van der Waals surface area contributed by atoms with Gasteiger partial charge in [0.05, 0.1) is 5.75 Å². The van der Waals surface area contributed by atoms with Crippen LogP contribution in [-0.4, -0.2) is 36.2 Å². The van der Waals surface area contributed by atoms with Crippen LogP contribution >= 0.6 is 23.4 Å². The van der Waals surface area contributed by atoms with Crippen molar-refractivity contribution in [3.05, 3.63) is 34.9 Å². The zero-order valence-electron chi connectivity index (χ0n) is 11.6.